The number of aromatic nitrogens is 2. The highest BCUT2D eigenvalue weighted by Gasteiger charge is 2.35. The van der Waals surface area contributed by atoms with E-state index in [2.05, 4.69) is 10.1 Å². The molecule has 0 atom stereocenters. The van der Waals surface area contributed by atoms with Crippen LogP contribution in [0.25, 0.3) is 11.5 Å². The molecule has 29 heavy (non-hydrogen) atoms. The van der Waals surface area contributed by atoms with Gasteiger partial charge < -0.3 is 19.1 Å². The summed E-state index contributed by atoms with van der Waals surface area (Å²) in [6.07, 6.45) is 3.77. The Balaban J connectivity index is 1.28. The first kappa shape index (κ1) is 18.5. The molecule has 1 amide bonds. The Morgan fingerprint density at radius 3 is 2.55 bits per heavy atom. The molecule has 0 spiro atoms. The molecule has 1 aromatic carbocycles. The van der Waals surface area contributed by atoms with Crippen LogP contribution in [0, 0.1) is 11.7 Å². The molecule has 2 aromatic rings. The van der Waals surface area contributed by atoms with Gasteiger partial charge in [0.1, 0.15) is 5.82 Å². The number of rotatable bonds is 4. The summed E-state index contributed by atoms with van der Waals surface area (Å²) in [4.78, 5) is 20.8. The van der Waals surface area contributed by atoms with Gasteiger partial charge in [0.25, 0.3) is 5.89 Å². The molecule has 3 heterocycles. The predicted octanol–water partition coefficient (Wildman–Crippen LogP) is 2.83. The quantitative estimate of drug-likeness (QED) is 0.786. The van der Waals surface area contributed by atoms with Crippen LogP contribution in [0.1, 0.15) is 37.4 Å². The van der Waals surface area contributed by atoms with Crippen molar-refractivity contribution in [2.24, 2.45) is 5.92 Å². The number of hydrogen-bond acceptors (Lipinski definition) is 6. The largest absolute Gasteiger partial charge is 0.378 e. The van der Waals surface area contributed by atoms with E-state index in [4.69, 9.17) is 9.26 Å². The highest BCUT2D eigenvalue weighted by Crippen LogP contribution is 2.34. The SMILES string of the molecule is O=C(C1CC1)N1CCC(c2noc(-c3ccc(F)c(N4CCOCC4)c3)n2)CC1. The Labute approximate surface area is 168 Å². The van der Waals surface area contributed by atoms with E-state index in [0.717, 1.165) is 38.8 Å². The van der Waals surface area contributed by atoms with Gasteiger partial charge in [0.15, 0.2) is 5.82 Å². The van der Waals surface area contributed by atoms with E-state index in [0.29, 0.717) is 55.2 Å². The number of hydrogen-bond donors (Lipinski definition) is 0. The van der Waals surface area contributed by atoms with Gasteiger partial charge in [0.2, 0.25) is 5.91 Å². The van der Waals surface area contributed by atoms with Crippen LogP contribution >= 0.6 is 0 Å². The van der Waals surface area contributed by atoms with E-state index in [-0.39, 0.29) is 17.7 Å². The number of carbonyl (C=O) groups excluding carboxylic acids is 1. The fourth-order valence-corrected chi connectivity index (χ4v) is 4.16. The highest BCUT2D eigenvalue weighted by atomic mass is 19.1. The lowest BCUT2D eigenvalue weighted by Crippen LogP contribution is -2.38. The topological polar surface area (TPSA) is 71.7 Å². The van der Waals surface area contributed by atoms with Crippen LogP contribution in [-0.4, -0.2) is 60.3 Å². The van der Waals surface area contributed by atoms with E-state index >= 15 is 0 Å². The Morgan fingerprint density at radius 2 is 1.83 bits per heavy atom. The molecule has 1 aromatic heterocycles. The minimum absolute atomic E-state index is 0.190. The maximum atomic E-state index is 14.3. The van der Waals surface area contributed by atoms with Crippen molar-refractivity contribution in [1.82, 2.24) is 15.0 Å². The van der Waals surface area contributed by atoms with Crippen LogP contribution in [0.3, 0.4) is 0 Å². The van der Waals surface area contributed by atoms with Gasteiger partial charge in [-0.25, -0.2) is 4.39 Å². The molecule has 3 fully saturated rings. The Bertz CT molecular complexity index is 884. The highest BCUT2D eigenvalue weighted by molar-refractivity contribution is 5.81. The van der Waals surface area contributed by atoms with Crippen LogP contribution in [0.15, 0.2) is 22.7 Å². The number of benzene rings is 1. The van der Waals surface area contributed by atoms with Crippen LogP contribution < -0.4 is 4.90 Å². The van der Waals surface area contributed by atoms with E-state index in [9.17, 15) is 9.18 Å². The van der Waals surface area contributed by atoms with Crippen molar-refractivity contribution >= 4 is 11.6 Å². The average Bonchev–Trinajstić information content (AvgIpc) is 3.51. The summed E-state index contributed by atoms with van der Waals surface area (Å²) in [6.45, 7) is 4.01. The first-order chi connectivity index (χ1) is 14.2. The summed E-state index contributed by atoms with van der Waals surface area (Å²) in [5, 5.41) is 4.18. The van der Waals surface area contributed by atoms with E-state index in [1.165, 1.54) is 6.07 Å². The molecule has 154 valence electrons. The second kappa shape index (κ2) is 7.74. The molecule has 2 aliphatic heterocycles. The van der Waals surface area contributed by atoms with Gasteiger partial charge in [-0.05, 0) is 43.9 Å². The van der Waals surface area contributed by atoms with Crippen molar-refractivity contribution < 1.29 is 18.4 Å². The number of morpholine rings is 1. The number of likely N-dealkylation sites (tertiary alicyclic amines) is 1. The maximum Gasteiger partial charge on any atom is 0.258 e. The fourth-order valence-electron chi connectivity index (χ4n) is 4.16. The third kappa shape index (κ3) is 3.85. The predicted molar refractivity (Wildman–Crippen MR) is 104 cm³/mol. The molecule has 7 nitrogen and oxygen atoms in total. The molecular formula is C21H25FN4O3. The Kier molecular flexibility index (Phi) is 4.95. The van der Waals surface area contributed by atoms with E-state index in [1.807, 2.05) is 9.80 Å². The van der Waals surface area contributed by atoms with Gasteiger partial charge in [-0.3, -0.25) is 4.79 Å². The third-order valence-corrected chi connectivity index (χ3v) is 6.08. The molecule has 0 N–H and O–H groups in total. The van der Waals surface area contributed by atoms with Crippen molar-refractivity contribution in [1.29, 1.82) is 0 Å². The van der Waals surface area contributed by atoms with Crippen LogP contribution in [-0.2, 0) is 9.53 Å². The van der Waals surface area contributed by atoms with E-state index in [1.54, 1.807) is 12.1 Å². The van der Waals surface area contributed by atoms with Crippen molar-refractivity contribution in [2.75, 3.05) is 44.3 Å². The Hall–Kier alpha value is -2.48. The average molecular weight is 400 g/mol. The third-order valence-electron chi connectivity index (χ3n) is 6.08. The fraction of sp³-hybridized carbons (Fsp3) is 0.571. The summed E-state index contributed by atoms with van der Waals surface area (Å²) in [5.74, 6) is 1.58. The molecule has 0 radical (unpaired) electrons. The summed E-state index contributed by atoms with van der Waals surface area (Å²) in [6, 6.07) is 4.90. The standard InChI is InChI=1S/C21H25FN4O3/c22-17-4-3-16(13-18(17)25-9-11-28-12-10-25)20-23-19(24-29-20)14-5-7-26(8-6-14)21(27)15-1-2-15/h3-4,13-15H,1-2,5-12H2. The lowest BCUT2D eigenvalue weighted by atomic mass is 9.96. The van der Waals surface area contributed by atoms with Crippen molar-refractivity contribution in [3.8, 4) is 11.5 Å². The number of halogens is 1. The van der Waals surface area contributed by atoms with Crippen molar-refractivity contribution in [3.05, 3.63) is 29.8 Å². The monoisotopic (exact) mass is 400 g/mol. The number of ether oxygens (including phenoxy) is 1. The molecule has 3 aliphatic rings. The molecule has 0 bridgehead atoms. The zero-order chi connectivity index (χ0) is 19.8. The molecule has 0 unspecified atom stereocenters. The van der Waals surface area contributed by atoms with Crippen molar-refractivity contribution in [3.63, 3.8) is 0 Å². The van der Waals surface area contributed by atoms with Gasteiger partial charge in [-0.2, -0.15) is 4.98 Å². The summed E-state index contributed by atoms with van der Waals surface area (Å²) in [7, 11) is 0. The second-order valence-corrected chi connectivity index (χ2v) is 8.10. The normalized spacial score (nSPS) is 20.9. The summed E-state index contributed by atoms with van der Waals surface area (Å²) >= 11 is 0. The summed E-state index contributed by atoms with van der Waals surface area (Å²) in [5.41, 5.74) is 1.26. The Morgan fingerprint density at radius 1 is 1.07 bits per heavy atom. The first-order valence-corrected chi connectivity index (χ1v) is 10.4. The van der Waals surface area contributed by atoms with Gasteiger partial charge in [-0.15, -0.1) is 0 Å². The van der Waals surface area contributed by atoms with Crippen molar-refractivity contribution in [2.45, 2.75) is 31.6 Å². The number of carbonyl (C=O) groups is 1. The zero-order valence-electron chi connectivity index (χ0n) is 16.3. The van der Waals surface area contributed by atoms with Gasteiger partial charge in [0, 0.05) is 43.6 Å². The molecule has 5 rings (SSSR count). The van der Waals surface area contributed by atoms with E-state index < -0.39 is 0 Å². The first-order valence-electron chi connectivity index (χ1n) is 10.4. The maximum absolute atomic E-state index is 14.3. The van der Waals surface area contributed by atoms with Crippen LogP contribution in [0.2, 0.25) is 0 Å². The lowest BCUT2D eigenvalue weighted by molar-refractivity contribution is -0.133. The summed E-state index contributed by atoms with van der Waals surface area (Å²) < 4.78 is 25.2. The van der Waals surface area contributed by atoms with Crippen LogP contribution in [0.5, 0.6) is 0 Å². The number of anilines is 1. The zero-order valence-corrected chi connectivity index (χ0v) is 16.3. The van der Waals surface area contributed by atoms with Gasteiger partial charge in [-0.1, -0.05) is 5.16 Å². The van der Waals surface area contributed by atoms with Gasteiger partial charge >= 0.3 is 0 Å². The number of nitrogens with zero attached hydrogens (tertiary/aromatic N) is 4. The minimum Gasteiger partial charge on any atom is -0.378 e. The second-order valence-electron chi connectivity index (χ2n) is 8.10. The van der Waals surface area contributed by atoms with Gasteiger partial charge in [0.05, 0.1) is 18.9 Å². The van der Waals surface area contributed by atoms with Crippen LogP contribution in [0.4, 0.5) is 10.1 Å². The molecule has 2 saturated heterocycles. The minimum atomic E-state index is -0.261. The molecule has 1 saturated carbocycles. The smallest absolute Gasteiger partial charge is 0.258 e. The lowest BCUT2D eigenvalue weighted by Gasteiger charge is -2.30. The number of amides is 1. The molecular weight excluding hydrogens is 375 g/mol. The molecule has 8 heteroatoms. The number of piperidine rings is 1. The molecule has 1 aliphatic carbocycles.